The van der Waals surface area contributed by atoms with Crippen LogP contribution in [-0.2, 0) is 13.0 Å². The zero-order valence-corrected chi connectivity index (χ0v) is 16.6. The van der Waals surface area contributed by atoms with Gasteiger partial charge in [-0.15, -0.1) is 0 Å². The van der Waals surface area contributed by atoms with Crippen LogP contribution in [-0.4, -0.2) is 37.6 Å². The molecule has 1 aliphatic rings. The summed E-state index contributed by atoms with van der Waals surface area (Å²) in [7, 11) is 1.76. The molecule has 0 saturated carbocycles. The van der Waals surface area contributed by atoms with Gasteiger partial charge in [-0.3, -0.25) is 4.99 Å². The van der Waals surface area contributed by atoms with E-state index in [1.165, 1.54) is 37.8 Å². The van der Waals surface area contributed by atoms with Crippen LogP contribution in [0.25, 0.3) is 0 Å². The van der Waals surface area contributed by atoms with E-state index in [0.717, 1.165) is 49.0 Å². The molecule has 0 amide bonds. The Morgan fingerprint density at radius 2 is 1.71 bits per heavy atom. The number of nitrogens with zero attached hydrogens (tertiary/aromatic N) is 3. The largest absolute Gasteiger partial charge is 0.357 e. The van der Waals surface area contributed by atoms with Crippen molar-refractivity contribution in [3.05, 3.63) is 59.5 Å². The van der Waals surface area contributed by atoms with Gasteiger partial charge in [-0.25, -0.2) is 9.37 Å². The van der Waals surface area contributed by atoms with E-state index in [9.17, 15) is 4.39 Å². The first-order valence-corrected chi connectivity index (χ1v) is 10.1. The normalized spacial score (nSPS) is 15.2. The van der Waals surface area contributed by atoms with Crippen molar-refractivity contribution >= 4 is 11.8 Å². The summed E-state index contributed by atoms with van der Waals surface area (Å²) >= 11 is 0. The third kappa shape index (κ3) is 6.22. The Morgan fingerprint density at radius 1 is 1.00 bits per heavy atom. The summed E-state index contributed by atoms with van der Waals surface area (Å²) in [4.78, 5) is 11.3. The van der Waals surface area contributed by atoms with Crippen LogP contribution >= 0.6 is 0 Å². The second-order valence-corrected chi connectivity index (χ2v) is 7.15. The van der Waals surface area contributed by atoms with Crippen LogP contribution in [0.15, 0.2) is 47.6 Å². The van der Waals surface area contributed by atoms with E-state index in [1.54, 1.807) is 7.05 Å². The van der Waals surface area contributed by atoms with E-state index in [4.69, 9.17) is 0 Å². The highest BCUT2D eigenvalue weighted by Gasteiger charge is 2.10. The van der Waals surface area contributed by atoms with E-state index in [0.29, 0.717) is 6.54 Å². The second-order valence-electron chi connectivity index (χ2n) is 7.15. The van der Waals surface area contributed by atoms with Gasteiger partial charge in [-0.1, -0.05) is 31.0 Å². The molecule has 1 aromatic carbocycles. The quantitative estimate of drug-likeness (QED) is 0.592. The molecule has 2 N–H and O–H groups in total. The first kappa shape index (κ1) is 20.1. The molecule has 1 saturated heterocycles. The molecule has 0 bridgehead atoms. The Kier molecular flexibility index (Phi) is 7.64. The van der Waals surface area contributed by atoms with Crippen molar-refractivity contribution in [3.8, 4) is 0 Å². The number of guanidine groups is 1. The average molecular weight is 384 g/mol. The molecule has 0 radical (unpaired) electrons. The first-order chi connectivity index (χ1) is 13.7. The van der Waals surface area contributed by atoms with E-state index in [1.807, 2.05) is 18.3 Å². The number of nitrogens with one attached hydrogen (secondary N) is 2. The lowest BCUT2D eigenvalue weighted by Crippen LogP contribution is -2.37. The molecule has 2 heterocycles. The minimum Gasteiger partial charge on any atom is -0.357 e. The summed E-state index contributed by atoms with van der Waals surface area (Å²) < 4.78 is 12.9. The van der Waals surface area contributed by atoms with Gasteiger partial charge in [0.2, 0.25) is 0 Å². The number of pyridine rings is 1. The molecule has 0 aliphatic carbocycles. The monoisotopic (exact) mass is 383 g/mol. The fourth-order valence-corrected chi connectivity index (χ4v) is 3.39. The number of rotatable bonds is 6. The molecular formula is C22H30FN5. The Hall–Kier alpha value is -2.63. The fraction of sp³-hybridized carbons (Fsp3) is 0.455. The van der Waals surface area contributed by atoms with Crippen molar-refractivity contribution < 1.29 is 4.39 Å². The molecule has 2 aromatic rings. The summed E-state index contributed by atoms with van der Waals surface area (Å²) in [6.45, 7) is 3.62. The maximum absolute atomic E-state index is 12.9. The van der Waals surface area contributed by atoms with Crippen molar-refractivity contribution in [2.24, 2.45) is 4.99 Å². The van der Waals surface area contributed by atoms with Gasteiger partial charge in [0, 0.05) is 39.4 Å². The van der Waals surface area contributed by atoms with E-state index < -0.39 is 0 Å². The number of aromatic nitrogens is 1. The Labute approximate surface area is 167 Å². The second kappa shape index (κ2) is 10.6. The number of benzene rings is 1. The molecule has 0 unspecified atom stereocenters. The minimum atomic E-state index is -0.204. The standard InChI is InChI=1S/C22H30FN5/c1-24-22(25-13-12-18-6-9-20(23)10-7-18)27-17-19-8-11-21(26-16-19)28-14-4-2-3-5-15-28/h6-11,16H,2-5,12-15,17H2,1H3,(H2,24,25,27). The Morgan fingerprint density at radius 3 is 2.36 bits per heavy atom. The van der Waals surface area contributed by atoms with Crippen molar-refractivity contribution in [3.63, 3.8) is 0 Å². The van der Waals surface area contributed by atoms with Crippen molar-refractivity contribution in [2.45, 2.75) is 38.6 Å². The van der Waals surface area contributed by atoms with Crippen molar-refractivity contribution in [1.29, 1.82) is 0 Å². The number of hydrogen-bond donors (Lipinski definition) is 2. The van der Waals surface area contributed by atoms with E-state index in [-0.39, 0.29) is 5.82 Å². The van der Waals surface area contributed by atoms with Crippen LogP contribution < -0.4 is 15.5 Å². The summed E-state index contributed by atoms with van der Waals surface area (Å²) in [5.41, 5.74) is 2.22. The van der Waals surface area contributed by atoms with Gasteiger partial charge in [0.15, 0.2) is 5.96 Å². The molecule has 1 aliphatic heterocycles. The van der Waals surface area contributed by atoms with Crippen LogP contribution in [0.2, 0.25) is 0 Å². The van der Waals surface area contributed by atoms with Gasteiger partial charge in [-0.2, -0.15) is 0 Å². The molecular weight excluding hydrogens is 353 g/mol. The van der Waals surface area contributed by atoms with Gasteiger partial charge >= 0.3 is 0 Å². The zero-order valence-electron chi connectivity index (χ0n) is 16.6. The van der Waals surface area contributed by atoms with Crippen molar-refractivity contribution in [2.75, 3.05) is 31.6 Å². The molecule has 150 valence electrons. The molecule has 0 spiro atoms. The highest BCUT2D eigenvalue weighted by atomic mass is 19.1. The maximum atomic E-state index is 12.9. The summed E-state index contributed by atoms with van der Waals surface area (Å²) in [5, 5.41) is 6.60. The molecule has 0 atom stereocenters. The lowest BCUT2D eigenvalue weighted by atomic mass is 10.1. The van der Waals surface area contributed by atoms with Crippen LogP contribution in [0.1, 0.15) is 36.8 Å². The molecule has 5 nitrogen and oxygen atoms in total. The lowest BCUT2D eigenvalue weighted by molar-refractivity contribution is 0.626. The predicted octanol–water partition coefficient (Wildman–Crippen LogP) is 3.51. The minimum absolute atomic E-state index is 0.204. The van der Waals surface area contributed by atoms with Gasteiger partial charge in [0.05, 0.1) is 0 Å². The third-order valence-electron chi connectivity index (χ3n) is 5.04. The molecule has 28 heavy (non-hydrogen) atoms. The highest BCUT2D eigenvalue weighted by molar-refractivity contribution is 5.79. The SMILES string of the molecule is CN=C(NCCc1ccc(F)cc1)NCc1ccc(N2CCCCCC2)nc1. The topological polar surface area (TPSA) is 52.6 Å². The summed E-state index contributed by atoms with van der Waals surface area (Å²) in [6, 6.07) is 10.9. The number of anilines is 1. The van der Waals surface area contributed by atoms with Crippen LogP contribution in [0.3, 0.4) is 0 Å². The van der Waals surface area contributed by atoms with Crippen molar-refractivity contribution in [1.82, 2.24) is 15.6 Å². The first-order valence-electron chi connectivity index (χ1n) is 10.1. The Bertz CT molecular complexity index is 735. The number of hydrogen-bond acceptors (Lipinski definition) is 3. The van der Waals surface area contributed by atoms with Gasteiger partial charge in [0.1, 0.15) is 11.6 Å². The van der Waals surface area contributed by atoms with Crippen LogP contribution in [0, 0.1) is 5.82 Å². The maximum Gasteiger partial charge on any atom is 0.191 e. The van der Waals surface area contributed by atoms with E-state index in [2.05, 4.69) is 37.6 Å². The third-order valence-corrected chi connectivity index (χ3v) is 5.04. The summed E-state index contributed by atoms with van der Waals surface area (Å²) in [6.07, 6.45) is 7.92. The number of aliphatic imine (C=N–C) groups is 1. The highest BCUT2D eigenvalue weighted by Crippen LogP contribution is 2.17. The average Bonchev–Trinajstić information content (AvgIpc) is 3.02. The summed E-state index contributed by atoms with van der Waals surface area (Å²) in [5.74, 6) is 1.62. The Balaban J connectivity index is 1.43. The fourth-order valence-electron chi connectivity index (χ4n) is 3.39. The van der Waals surface area contributed by atoms with Crippen LogP contribution in [0.4, 0.5) is 10.2 Å². The molecule has 3 rings (SSSR count). The van der Waals surface area contributed by atoms with Gasteiger partial charge in [-0.05, 0) is 48.6 Å². The zero-order chi connectivity index (χ0) is 19.6. The smallest absolute Gasteiger partial charge is 0.191 e. The predicted molar refractivity (Wildman–Crippen MR) is 113 cm³/mol. The van der Waals surface area contributed by atoms with E-state index >= 15 is 0 Å². The van der Waals surface area contributed by atoms with Gasteiger partial charge in [0.25, 0.3) is 0 Å². The lowest BCUT2D eigenvalue weighted by Gasteiger charge is -2.21. The molecule has 6 heteroatoms. The molecule has 1 fully saturated rings. The molecule has 1 aromatic heterocycles. The van der Waals surface area contributed by atoms with Gasteiger partial charge < -0.3 is 15.5 Å². The van der Waals surface area contributed by atoms with Crippen LogP contribution in [0.5, 0.6) is 0 Å². The number of halogens is 1.